The molecule has 3 N–H and O–H groups in total. The van der Waals surface area contributed by atoms with Gasteiger partial charge in [0.2, 0.25) is 0 Å². The van der Waals surface area contributed by atoms with E-state index in [1.807, 2.05) is 6.92 Å². The Hall–Kier alpha value is -1.03. The summed E-state index contributed by atoms with van der Waals surface area (Å²) in [6.07, 6.45) is 0. The third-order valence-electron chi connectivity index (χ3n) is 2.07. The molecule has 0 aromatic heterocycles. The average Bonchev–Trinajstić information content (AvgIpc) is 2.07. The second kappa shape index (κ2) is 3.38. The maximum absolute atomic E-state index is 10.9. The van der Waals surface area contributed by atoms with Crippen LogP contribution in [0.3, 0.4) is 0 Å². The first-order chi connectivity index (χ1) is 5.95. The Morgan fingerprint density at radius 1 is 1.46 bits per heavy atom. The SMILES string of the molecule is Cc1c(Br)cc(C(N)=O)c(O)c1C. The van der Waals surface area contributed by atoms with E-state index < -0.39 is 5.91 Å². The van der Waals surface area contributed by atoms with E-state index in [4.69, 9.17) is 5.73 Å². The summed E-state index contributed by atoms with van der Waals surface area (Å²) in [6.45, 7) is 3.59. The van der Waals surface area contributed by atoms with Crippen molar-refractivity contribution in [3.63, 3.8) is 0 Å². The van der Waals surface area contributed by atoms with E-state index in [0.29, 0.717) is 5.56 Å². The summed E-state index contributed by atoms with van der Waals surface area (Å²) in [5.41, 5.74) is 6.81. The molecule has 1 aromatic rings. The zero-order chi connectivity index (χ0) is 10.2. The molecular weight excluding hydrogens is 234 g/mol. The van der Waals surface area contributed by atoms with Crippen LogP contribution in [0, 0.1) is 13.8 Å². The number of benzene rings is 1. The first-order valence-electron chi connectivity index (χ1n) is 3.73. The van der Waals surface area contributed by atoms with Crippen LogP contribution in [0.1, 0.15) is 21.5 Å². The predicted octanol–water partition coefficient (Wildman–Crippen LogP) is 1.87. The van der Waals surface area contributed by atoms with Crippen LogP contribution < -0.4 is 5.73 Å². The number of phenols is 1. The Morgan fingerprint density at radius 3 is 2.46 bits per heavy atom. The summed E-state index contributed by atoms with van der Waals surface area (Å²) >= 11 is 3.28. The minimum Gasteiger partial charge on any atom is -0.507 e. The van der Waals surface area contributed by atoms with Gasteiger partial charge in [0, 0.05) is 4.47 Å². The van der Waals surface area contributed by atoms with Gasteiger partial charge in [0.25, 0.3) is 5.91 Å². The average molecular weight is 244 g/mol. The highest BCUT2D eigenvalue weighted by molar-refractivity contribution is 9.10. The van der Waals surface area contributed by atoms with Gasteiger partial charge >= 0.3 is 0 Å². The summed E-state index contributed by atoms with van der Waals surface area (Å²) in [5, 5.41) is 9.55. The number of carbonyl (C=O) groups excluding carboxylic acids is 1. The Bertz CT molecular complexity index is 374. The molecule has 1 aromatic carbocycles. The van der Waals surface area contributed by atoms with Crippen molar-refractivity contribution >= 4 is 21.8 Å². The Kier molecular flexibility index (Phi) is 2.61. The van der Waals surface area contributed by atoms with E-state index >= 15 is 0 Å². The molecule has 0 unspecified atom stereocenters. The zero-order valence-corrected chi connectivity index (χ0v) is 8.97. The summed E-state index contributed by atoms with van der Waals surface area (Å²) in [5.74, 6) is -0.658. The number of amides is 1. The van der Waals surface area contributed by atoms with Gasteiger partial charge in [0.05, 0.1) is 5.56 Å². The summed E-state index contributed by atoms with van der Waals surface area (Å²) in [6, 6.07) is 1.53. The van der Waals surface area contributed by atoms with Crippen molar-refractivity contribution < 1.29 is 9.90 Å². The number of carbonyl (C=O) groups is 1. The zero-order valence-electron chi connectivity index (χ0n) is 7.39. The lowest BCUT2D eigenvalue weighted by Crippen LogP contribution is -2.12. The lowest BCUT2D eigenvalue weighted by Gasteiger charge is -2.08. The highest BCUT2D eigenvalue weighted by Crippen LogP contribution is 2.30. The molecule has 4 heteroatoms. The van der Waals surface area contributed by atoms with Crippen molar-refractivity contribution in [1.82, 2.24) is 0 Å². The standard InChI is InChI=1S/C9H10BrNO2/c1-4-5(2)8(12)6(9(11)13)3-7(4)10/h3,12H,1-2H3,(H2,11,13). The van der Waals surface area contributed by atoms with Gasteiger partial charge in [-0.25, -0.2) is 0 Å². The largest absolute Gasteiger partial charge is 0.507 e. The molecule has 0 saturated carbocycles. The van der Waals surface area contributed by atoms with E-state index in [1.54, 1.807) is 6.92 Å². The van der Waals surface area contributed by atoms with Crippen LogP contribution in [0.5, 0.6) is 5.75 Å². The minimum absolute atomic E-state index is 0.0341. The lowest BCUT2D eigenvalue weighted by atomic mass is 10.0. The van der Waals surface area contributed by atoms with Crippen LogP contribution in [0.15, 0.2) is 10.5 Å². The van der Waals surface area contributed by atoms with Gasteiger partial charge in [-0.2, -0.15) is 0 Å². The Labute approximate surface area is 84.7 Å². The first-order valence-corrected chi connectivity index (χ1v) is 4.53. The predicted molar refractivity (Wildman–Crippen MR) is 53.8 cm³/mol. The fraction of sp³-hybridized carbons (Fsp3) is 0.222. The number of aromatic hydroxyl groups is 1. The van der Waals surface area contributed by atoms with Gasteiger partial charge in [0.15, 0.2) is 0 Å². The number of hydrogen-bond acceptors (Lipinski definition) is 2. The molecule has 13 heavy (non-hydrogen) atoms. The van der Waals surface area contributed by atoms with Gasteiger partial charge in [-0.3, -0.25) is 4.79 Å². The first kappa shape index (κ1) is 10.1. The topological polar surface area (TPSA) is 63.3 Å². The Balaban J connectivity index is 3.50. The van der Waals surface area contributed by atoms with Crippen molar-refractivity contribution in [1.29, 1.82) is 0 Å². The molecule has 0 fully saturated rings. The van der Waals surface area contributed by atoms with E-state index in [-0.39, 0.29) is 11.3 Å². The van der Waals surface area contributed by atoms with Crippen LogP contribution in [0.25, 0.3) is 0 Å². The summed E-state index contributed by atoms with van der Waals surface area (Å²) in [4.78, 5) is 10.9. The highest BCUT2D eigenvalue weighted by atomic mass is 79.9. The molecule has 0 spiro atoms. The fourth-order valence-electron chi connectivity index (χ4n) is 1.05. The number of halogens is 1. The van der Waals surface area contributed by atoms with Crippen molar-refractivity contribution in [2.45, 2.75) is 13.8 Å². The number of nitrogens with two attached hydrogens (primary N) is 1. The fourth-order valence-corrected chi connectivity index (χ4v) is 1.58. The molecule has 0 aliphatic rings. The molecule has 0 aliphatic heterocycles. The Morgan fingerprint density at radius 2 is 2.00 bits per heavy atom. The van der Waals surface area contributed by atoms with Gasteiger partial charge in [-0.1, -0.05) is 15.9 Å². The molecule has 0 atom stereocenters. The van der Waals surface area contributed by atoms with Crippen molar-refractivity contribution in [2.24, 2.45) is 5.73 Å². The van der Waals surface area contributed by atoms with Crippen LogP contribution in [-0.4, -0.2) is 11.0 Å². The van der Waals surface area contributed by atoms with Gasteiger partial charge in [-0.05, 0) is 31.0 Å². The second-order valence-electron chi connectivity index (χ2n) is 2.87. The smallest absolute Gasteiger partial charge is 0.252 e. The van der Waals surface area contributed by atoms with Crippen LogP contribution in [0.2, 0.25) is 0 Å². The summed E-state index contributed by atoms with van der Waals surface area (Å²) < 4.78 is 0.775. The van der Waals surface area contributed by atoms with Crippen molar-refractivity contribution in [3.05, 3.63) is 27.2 Å². The molecular formula is C9H10BrNO2. The van der Waals surface area contributed by atoms with Crippen LogP contribution >= 0.6 is 15.9 Å². The van der Waals surface area contributed by atoms with E-state index in [9.17, 15) is 9.90 Å². The molecule has 0 bridgehead atoms. The normalized spacial score (nSPS) is 10.1. The van der Waals surface area contributed by atoms with E-state index in [1.165, 1.54) is 6.07 Å². The van der Waals surface area contributed by atoms with Gasteiger partial charge in [0.1, 0.15) is 5.75 Å². The minimum atomic E-state index is -0.624. The van der Waals surface area contributed by atoms with Gasteiger partial charge < -0.3 is 10.8 Å². The molecule has 0 heterocycles. The van der Waals surface area contributed by atoms with Crippen molar-refractivity contribution in [2.75, 3.05) is 0 Å². The molecule has 0 saturated heterocycles. The number of primary amides is 1. The van der Waals surface area contributed by atoms with E-state index in [2.05, 4.69) is 15.9 Å². The molecule has 1 rings (SSSR count). The lowest BCUT2D eigenvalue weighted by molar-refractivity contribution is 0.0997. The number of rotatable bonds is 1. The third kappa shape index (κ3) is 1.67. The molecule has 0 aliphatic carbocycles. The maximum Gasteiger partial charge on any atom is 0.252 e. The monoisotopic (exact) mass is 243 g/mol. The third-order valence-corrected chi connectivity index (χ3v) is 2.89. The molecule has 1 amide bonds. The molecule has 0 radical (unpaired) electrons. The van der Waals surface area contributed by atoms with Crippen LogP contribution in [0.4, 0.5) is 0 Å². The molecule has 3 nitrogen and oxygen atoms in total. The van der Waals surface area contributed by atoms with E-state index in [0.717, 1.165) is 10.0 Å². The van der Waals surface area contributed by atoms with Gasteiger partial charge in [-0.15, -0.1) is 0 Å². The second-order valence-corrected chi connectivity index (χ2v) is 3.72. The maximum atomic E-state index is 10.9. The number of hydrogen-bond donors (Lipinski definition) is 2. The summed E-state index contributed by atoms with van der Waals surface area (Å²) in [7, 11) is 0. The quantitative estimate of drug-likeness (QED) is 0.792. The highest BCUT2D eigenvalue weighted by Gasteiger charge is 2.13. The molecule has 70 valence electrons. The van der Waals surface area contributed by atoms with Crippen LogP contribution in [-0.2, 0) is 0 Å². The van der Waals surface area contributed by atoms with Crippen molar-refractivity contribution in [3.8, 4) is 5.75 Å².